The highest BCUT2D eigenvalue weighted by Gasteiger charge is 2.36. The molecule has 0 aromatic heterocycles. The Morgan fingerprint density at radius 2 is 1.62 bits per heavy atom. The van der Waals surface area contributed by atoms with Crippen molar-refractivity contribution in [3.8, 4) is 0 Å². The minimum absolute atomic E-state index is 0.991. The van der Waals surface area contributed by atoms with Crippen molar-refractivity contribution >= 4 is 8.40 Å². The molecule has 1 heterocycles. The number of hydrogen-bond acceptors (Lipinski definition) is 2. The minimum Gasteiger partial charge on any atom is -0.328 e. The van der Waals surface area contributed by atoms with Crippen LogP contribution in [0.1, 0.15) is 6.42 Å². The van der Waals surface area contributed by atoms with E-state index < -0.39 is 8.40 Å². The fourth-order valence-electron chi connectivity index (χ4n) is 1.16. The highest BCUT2D eigenvalue weighted by Crippen LogP contribution is 2.25. The first-order chi connectivity index (χ1) is 3.83. The predicted octanol–water partition coefficient (Wildman–Crippen LogP) is 0.271. The molecule has 1 aliphatic rings. The van der Waals surface area contributed by atoms with Crippen LogP contribution in [-0.2, 0) is 0 Å². The third-order valence-electron chi connectivity index (χ3n) is 2.16. The summed E-state index contributed by atoms with van der Waals surface area (Å²) in [6.45, 7) is 0. The molecule has 48 valence electrons. The summed E-state index contributed by atoms with van der Waals surface area (Å²) in [7, 11) is 3.15. The van der Waals surface area contributed by atoms with Gasteiger partial charge in [-0.05, 0) is 26.2 Å². The molecule has 0 saturated carbocycles. The summed E-state index contributed by atoms with van der Waals surface area (Å²) in [6.07, 6.45) is 1.42. The maximum Gasteiger partial charge on any atom is 0.200 e. The first kappa shape index (κ1) is 6.26. The zero-order chi connectivity index (χ0) is 6.04. The van der Waals surface area contributed by atoms with Crippen molar-refractivity contribution in [2.45, 2.75) is 18.5 Å². The van der Waals surface area contributed by atoms with Gasteiger partial charge in [0.15, 0.2) is 0 Å². The van der Waals surface area contributed by atoms with Gasteiger partial charge in [-0.2, -0.15) is 0 Å². The van der Waals surface area contributed by atoms with E-state index in [-0.39, 0.29) is 0 Å². The largest absolute Gasteiger partial charge is 0.328 e. The van der Waals surface area contributed by atoms with E-state index in [4.69, 9.17) is 0 Å². The van der Waals surface area contributed by atoms with Gasteiger partial charge in [0.2, 0.25) is 8.40 Å². The van der Waals surface area contributed by atoms with E-state index in [1.54, 1.807) is 0 Å². The van der Waals surface area contributed by atoms with Crippen molar-refractivity contribution in [1.82, 2.24) is 9.96 Å². The van der Waals surface area contributed by atoms with Gasteiger partial charge in [-0.15, -0.1) is 0 Å². The van der Waals surface area contributed by atoms with E-state index in [1.807, 2.05) is 0 Å². The number of nitrogens with one attached hydrogen (secondary N) is 2. The topological polar surface area (TPSA) is 24.1 Å². The Labute approximate surface area is 51.8 Å². The van der Waals surface area contributed by atoms with Gasteiger partial charge in [-0.25, -0.2) is 0 Å². The highest BCUT2D eigenvalue weighted by molar-refractivity contribution is 6.77. The Bertz CT molecular complexity index is 67.0. The summed E-state index contributed by atoms with van der Waals surface area (Å²) in [5, 5.41) is 0. The second-order valence-corrected chi connectivity index (χ2v) is 6.60. The van der Waals surface area contributed by atoms with Crippen LogP contribution in [0.3, 0.4) is 0 Å². The summed E-state index contributed by atoms with van der Waals surface area (Å²) in [5.74, 6) is 0. The first-order valence-corrected chi connectivity index (χ1v) is 5.62. The summed E-state index contributed by atoms with van der Waals surface area (Å²) >= 11 is 0. The van der Waals surface area contributed by atoms with Crippen LogP contribution >= 0.6 is 0 Å². The maximum absolute atomic E-state index is 3.39. The van der Waals surface area contributed by atoms with Crippen molar-refractivity contribution in [2.75, 3.05) is 14.1 Å². The molecule has 2 nitrogen and oxygen atoms in total. The molecule has 3 heteroatoms. The second kappa shape index (κ2) is 2.17. The van der Waals surface area contributed by atoms with Crippen molar-refractivity contribution in [1.29, 1.82) is 0 Å². The monoisotopic (exact) mass is 130 g/mol. The first-order valence-electron chi connectivity index (χ1n) is 3.21. The fraction of sp³-hybridized carbons (Fsp3) is 1.00. The molecule has 0 unspecified atom stereocenters. The molecule has 8 heavy (non-hydrogen) atoms. The van der Waals surface area contributed by atoms with Gasteiger partial charge in [0.05, 0.1) is 0 Å². The van der Waals surface area contributed by atoms with E-state index in [0.29, 0.717) is 0 Å². The second-order valence-electron chi connectivity index (χ2n) is 2.44. The zero-order valence-electron chi connectivity index (χ0n) is 5.62. The van der Waals surface area contributed by atoms with Gasteiger partial charge >= 0.3 is 0 Å². The highest BCUT2D eigenvalue weighted by atomic mass is 28.3. The molecule has 0 bridgehead atoms. The molecule has 0 aliphatic carbocycles. The lowest BCUT2D eigenvalue weighted by Gasteiger charge is -2.38. The normalized spacial score (nSPS) is 24.8. The molecule has 0 aromatic rings. The summed E-state index contributed by atoms with van der Waals surface area (Å²) < 4.78 is 0. The third kappa shape index (κ3) is 0.810. The Morgan fingerprint density at radius 1 is 1.12 bits per heavy atom. The number of rotatable bonds is 2. The SMILES string of the molecule is CN[Si]1(NC)CCC1. The quantitative estimate of drug-likeness (QED) is 0.524. The van der Waals surface area contributed by atoms with Crippen LogP contribution in [0.25, 0.3) is 0 Å². The standard InChI is InChI=1S/C5H14N2Si/c1-6-8(7-2)4-3-5-8/h6-7H,3-5H2,1-2H3. The van der Waals surface area contributed by atoms with E-state index in [9.17, 15) is 0 Å². The fourth-order valence-corrected chi connectivity index (χ4v) is 3.47. The van der Waals surface area contributed by atoms with Gasteiger partial charge < -0.3 is 9.96 Å². The van der Waals surface area contributed by atoms with E-state index in [2.05, 4.69) is 24.1 Å². The Balaban J connectivity index is 2.33. The molecule has 1 aliphatic heterocycles. The molecule has 0 aromatic carbocycles. The molecule has 2 N–H and O–H groups in total. The Hall–Kier alpha value is 0.137. The maximum atomic E-state index is 3.39. The van der Waals surface area contributed by atoms with Crippen LogP contribution < -0.4 is 9.96 Å². The molecule has 1 rings (SSSR count). The Kier molecular flexibility index (Phi) is 1.70. The molecular weight excluding hydrogens is 116 g/mol. The number of hydrogen-bond donors (Lipinski definition) is 2. The van der Waals surface area contributed by atoms with Gasteiger partial charge in [0.1, 0.15) is 0 Å². The van der Waals surface area contributed by atoms with Crippen molar-refractivity contribution in [3.63, 3.8) is 0 Å². The van der Waals surface area contributed by atoms with E-state index >= 15 is 0 Å². The van der Waals surface area contributed by atoms with Crippen molar-refractivity contribution in [2.24, 2.45) is 0 Å². The van der Waals surface area contributed by atoms with Gasteiger partial charge in [-0.1, -0.05) is 6.42 Å². The molecule has 0 amide bonds. The van der Waals surface area contributed by atoms with E-state index in [1.165, 1.54) is 18.5 Å². The zero-order valence-corrected chi connectivity index (χ0v) is 6.62. The molecule has 0 spiro atoms. The molecule has 0 atom stereocenters. The molecular formula is C5H14N2Si. The van der Waals surface area contributed by atoms with Crippen LogP contribution in [-0.4, -0.2) is 22.5 Å². The van der Waals surface area contributed by atoms with E-state index in [0.717, 1.165) is 0 Å². The molecule has 1 saturated heterocycles. The molecule has 1 fully saturated rings. The summed E-state index contributed by atoms with van der Waals surface area (Å²) in [5.41, 5.74) is 0. The lowest BCUT2D eigenvalue weighted by atomic mass is 10.5. The lowest BCUT2D eigenvalue weighted by Crippen LogP contribution is -2.64. The van der Waals surface area contributed by atoms with Crippen LogP contribution in [0.5, 0.6) is 0 Å². The Morgan fingerprint density at radius 3 is 1.62 bits per heavy atom. The molecule has 0 radical (unpaired) electrons. The average Bonchev–Trinajstić information content (AvgIpc) is 1.67. The van der Waals surface area contributed by atoms with Crippen LogP contribution in [0.2, 0.25) is 12.1 Å². The van der Waals surface area contributed by atoms with Crippen molar-refractivity contribution in [3.05, 3.63) is 0 Å². The predicted molar refractivity (Wildman–Crippen MR) is 38.1 cm³/mol. The minimum atomic E-state index is -0.991. The van der Waals surface area contributed by atoms with Crippen LogP contribution in [0.4, 0.5) is 0 Å². The average molecular weight is 130 g/mol. The van der Waals surface area contributed by atoms with Gasteiger partial charge in [0, 0.05) is 0 Å². The lowest BCUT2D eigenvalue weighted by molar-refractivity contribution is 0.787. The van der Waals surface area contributed by atoms with Crippen LogP contribution in [0, 0.1) is 0 Å². The smallest absolute Gasteiger partial charge is 0.200 e. The van der Waals surface area contributed by atoms with Crippen molar-refractivity contribution < 1.29 is 0 Å². The van der Waals surface area contributed by atoms with Crippen LogP contribution in [0.15, 0.2) is 0 Å². The summed E-state index contributed by atoms with van der Waals surface area (Å²) in [6, 6.07) is 2.83. The third-order valence-corrected chi connectivity index (χ3v) is 6.49. The van der Waals surface area contributed by atoms with Gasteiger partial charge in [-0.3, -0.25) is 0 Å². The van der Waals surface area contributed by atoms with Gasteiger partial charge in [0.25, 0.3) is 0 Å². The summed E-state index contributed by atoms with van der Waals surface area (Å²) in [4.78, 5) is 6.78.